The van der Waals surface area contributed by atoms with Crippen LogP contribution in [0.1, 0.15) is 70.8 Å². The van der Waals surface area contributed by atoms with E-state index >= 15 is 0 Å². The van der Waals surface area contributed by atoms with Gasteiger partial charge in [-0.25, -0.2) is 0 Å². The fraction of sp³-hybridized carbons (Fsp3) is 0.565. The molecule has 160 valence electrons. The number of hydrogen-bond acceptors (Lipinski definition) is 5. The van der Waals surface area contributed by atoms with E-state index in [9.17, 15) is 9.59 Å². The SMILES string of the molecule is CCCCCCCCOc1ccc(/C=C2\SC(=O)N(CCCC)C2=O)cc1OC. The lowest BCUT2D eigenvalue weighted by Crippen LogP contribution is -2.29. The van der Waals surface area contributed by atoms with Crippen LogP contribution < -0.4 is 9.47 Å². The zero-order valence-electron chi connectivity index (χ0n) is 17.9. The number of ether oxygens (including phenoxy) is 2. The van der Waals surface area contributed by atoms with Crippen LogP contribution in [0.3, 0.4) is 0 Å². The number of amides is 2. The summed E-state index contributed by atoms with van der Waals surface area (Å²) in [7, 11) is 1.61. The summed E-state index contributed by atoms with van der Waals surface area (Å²) in [5, 5.41) is -0.194. The molecule has 1 aromatic rings. The molecule has 2 amide bonds. The maximum Gasteiger partial charge on any atom is 0.293 e. The number of unbranched alkanes of at least 4 members (excludes halogenated alkanes) is 6. The van der Waals surface area contributed by atoms with Gasteiger partial charge in [0.15, 0.2) is 11.5 Å². The molecule has 6 heteroatoms. The van der Waals surface area contributed by atoms with E-state index in [0.717, 1.165) is 36.6 Å². The van der Waals surface area contributed by atoms with Gasteiger partial charge in [-0.1, -0.05) is 58.4 Å². The Morgan fingerprint density at radius 1 is 0.966 bits per heavy atom. The molecule has 0 aliphatic carbocycles. The Balaban J connectivity index is 1.95. The van der Waals surface area contributed by atoms with Gasteiger partial charge >= 0.3 is 0 Å². The van der Waals surface area contributed by atoms with Crippen LogP contribution in [0.4, 0.5) is 4.79 Å². The molecule has 0 unspecified atom stereocenters. The largest absolute Gasteiger partial charge is 0.493 e. The highest BCUT2D eigenvalue weighted by Gasteiger charge is 2.34. The second-order valence-corrected chi connectivity index (χ2v) is 8.21. The molecule has 0 bridgehead atoms. The average molecular weight is 420 g/mol. The molecule has 1 aliphatic heterocycles. The summed E-state index contributed by atoms with van der Waals surface area (Å²) in [4.78, 5) is 26.3. The Labute approximate surface area is 178 Å². The van der Waals surface area contributed by atoms with Gasteiger partial charge in [0.05, 0.1) is 18.6 Å². The molecule has 0 spiro atoms. The zero-order chi connectivity index (χ0) is 21.1. The van der Waals surface area contributed by atoms with Crippen molar-refractivity contribution in [1.82, 2.24) is 4.90 Å². The van der Waals surface area contributed by atoms with Crippen molar-refractivity contribution in [3.05, 3.63) is 28.7 Å². The van der Waals surface area contributed by atoms with E-state index in [0.29, 0.717) is 29.6 Å². The van der Waals surface area contributed by atoms with Crippen molar-refractivity contribution in [1.29, 1.82) is 0 Å². The lowest BCUT2D eigenvalue weighted by Gasteiger charge is -2.12. The number of imide groups is 1. The number of nitrogens with zero attached hydrogens (tertiary/aromatic N) is 1. The van der Waals surface area contributed by atoms with E-state index in [-0.39, 0.29) is 11.1 Å². The molecule has 0 aromatic heterocycles. The van der Waals surface area contributed by atoms with Gasteiger partial charge in [-0.3, -0.25) is 14.5 Å². The fourth-order valence-electron chi connectivity index (χ4n) is 3.12. The summed E-state index contributed by atoms with van der Waals surface area (Å²) in [6.45, 7) is 5.40. The van der Waals surface area contributed by atoms with E-state index in [1.165, 1.54) is 37.0 Å². The lowest BCUT2D eigenvalue weighted by molar-refractivity contribution is -0.122. The van der Waals surface area contributed by atoms with Crippen LogP contribution in [-0.2, 0) is 4.79 Å². The summed E-state index contributed by atoms with van der Waals surface area (Å²) < 4.78 is 11.3. The molecule has 1 fully saturated rings. The molecule has 5 nitrogen and oxygen atoms in total. The van der Waals surface area contributed by atoms with E-state index in [4.69, 9.17) is 9.47 Å². The van der Waals surface area contributed by atoms with Gasteiger partial charge in [0.25, 0.3) is 11.1 Å². The first-order valence-electron chi connectivity index (χ1n) is 10.7. The first kappa shape index (κ1) is 23.3. The Bertz CT molecular complexity index is 717. The number of carbonyl (C=O) groups excluding carboxylic acids is 2. The minimum absolute atomic E-state index is 0.194. The Morgan fingerprint density at radius 3 is 2.41 bits per heavy atom. The third-order valence-corrected chi connectivity index (χ3v) is 5.76. The minimum Gasteiger partial charge on any atom is -0.493 e. The summed E-state index contributed by atoms with van der Waals surface area (Å²) >= 11 is 0.996. The normalized spacial score (nSPS) is 15.4. The number of carbonyl (C=O) groups is 2. The van der Waals surface area contributed by atoms with Gasteiger partial charge in [0, 0.05) is 6.54 Å². The molecule has 29 heavy (non-hydrogen) atoms. The van der Waals surface area contributed by atoms with Crippen LogP contribution >= 0.6 is 11.8 Å². The van der Waals surface area contributed by atoms with Crippen molar-refractivity contribution in [2.75, 3.05) is 20.3 Å². The first-order valence-corrected chi connectivity index (χ1v) is 11.5. The second-order valence-electron chi connectivity index (χ2n) is 7.21. The molecule has 2 rings (SSSR count). The summed E-state index contributed by atoms with van der Waals surface area (Å²) in [6, 6.07) is 5.60. The van der Waals surface area contributed by atoms with Crippen LogP contribution in [0, 0.1) is 0 Å². The molecule has 1 heterocycles. The summed E-state index contributed by atoms with van der Waals surface area (Å²) in [5.74, 6) is 1.13. The standard InChI is InChI=1S/C23H33NO4S/c1-4-6-8-9-10-11-15-28-19-13-12-18(16-20(19)27-3)17-21-22(25)24(14-7-5-2)23(26)29-21/h12-13,16-17H,4-11,14-15H2,1-3H3/b21-17-. The highest BCUT2D eigenvalue weighted by Crippen LogP contribution is 2.34. The smallest absolute Gasteiger partial charge is 0.293 e. The van der Waals surface area contributed by atoms with Gasteiger partial charge < -0.3 is 9.47 Å². The van der Waals surface area contributed by atoms with E-state index in [1.807, 2.05) is 25.1 Å². The molecular formula is C23H33NO4S. The highest BCUT2D eigenvalue weighted by atomic mass is 32.2. The highest BCUT2D eigenvalue weighted by molar-refractivity contribution is 8.18. The number of hydrogen-bond donors (Lipinski definition) is 0. The van der Waals surface area contributed by atoms with Crippen LogP contribution in [0.2, 0.25) is 0 Å². The number of thioether (sulfide) groups is 1. The van der Waals surface area contributed by atoms with E-state index < -0.39 is 0 Å². The Hall–Kier alpha value is -1.95. The molecular weight excluding hydrogens is 386 g/mol. The molecule has 1 saturated heterocycles. The predicted molar refractivity (Wildman–Crippen MR) is 119 cm³/mol. The number of methoxy groups -OCH3 is 1. The van der Waals surface area contributed by atoms with E-state index in [2.05, 4.69) is 6.92 Å². The van der Waals surface area contributed by atoms with Crippen LogP contribution in [-0.4, -0.2) is 36.3 Å². The zero-order valence-corrected chi connectivity index (χ0v) is 18.7. The minimum atomic E-state index is -0.212. The summed E-state index contributed by atoms with van der Waals surface area (Å²) in [5.41, 5.74) is 0.815. The molecule has 0 atom stereocenters. The predicted octanol–water partition coefficient (Wildman–Crippen LogP) is 6.27. The topological polar surface area (TPSA) is 55.8 Å². The van der Waals surface area contributed by atoms with Crippen molar-refractivity contribution in [2.45, 2.75) is 65.2 Å². The van der Waals surface area contributed by atoms with E-state index in [1.54, 1.807) is 13.2 Å². The van der Waals surface area contributed by atoms with Crippen molar-refractivity contribution >= 4 is 29.0 Å². The van der Waals surface area contributed by atoms with Gasteiger partial charge in [-0.15, -0.1) is 0 Å². The van der Waals surface area contributed by atoms with Crippen LogP contribution in [0.25, 0.3) is 6.08 Å². The Kier molecular flexibility index (Phi) is 10.1. The van der Waals surface area contributed by atoms with Crippen molar-refractivity contribution in [2.24, 2.45) is 0 Å². The summed E-state index contributed by atoms with van der Waals surface area (Å²) in [6.07, 6.45) is 10.8. The van der Waals surface area contributed by atoms with Gasteiger partial charge in [0.2, 0.25) is 0 Å². The lowest BCUT2D eigenvalue weighted by atomic mass is 10.1. The second kappa shape index (κ2) is 12.6. The van der Waals surface area contributed by atoms with Crippen LogP contribution in [0.15, 0.2) is 23.1 Å². The van der Waals surface area contributed by atoms with Crippen LogP contribution in [0.5, 0.6) is 11.5 Å². The maximum absolute atomic E-state index is 12.5. The monoisotopic (exact) mass is 419 g/mol. The maximum atomic E-state index is 12.5. The number of rotatable bonds is 13. The molecule has 0 saturated carbocycles. The molecule has 1 aliphatic rings. The third-order valence-electron chi connectivity index (χ3n) is 4.85. The van der Waals surface area contributed by atoms with Gasteiger partial charge in [0.1, 0.15) is 0 Å². The fourth-order valence-corrected chi connectivity index (χ4v) is 3.98. The molecule has 0 N–H and O–H groups in total. The first-order chi connectivity index (χ1) is 14.1. The number of benzene rings is 1. The average Bonchev–Trinajstić information content (AvgIpc) is 2.99. The van der Waals surface area contributed by atoms with Crippen molar-refractivity contribution < 1.29 is 19.1 Å². The van der Waals surface area contributed by atoms with Crippen molar-refractivity contribution in [3.8, 4) is 11.5 Å². The quantitative estimate of drug-likeness (QED) is 0.278. The molecule has 0 radical (unpaired) electrons. The van der Waals surface area contributed by atoms with Crippen molar-refractivity contribution in [3.63, 3.8) is 0 Å². The van der Waals surface area contributed by atoms with Gasteiger partial charge in [-0.05, 0) is 48.4 Å². The molecule has 1 aromatic carbocycles. The Morgan fingerprint density at radius 2 is 1.69 bits per heavy atom. The van der Waals surface area contributed by atoms with Gasteiger partial charge in [-0.2, -0.15) is 0 Å². The third kappa shape index (κ3) is 7.11.